The van der Waals surface area contributed by atoms with Crippen LogP contribution in [-0.2, 0) is 0 Å². The zero-order valence-corrected chi connectivity index (χ0v) is 7.87. The molecule has 1 aromatic carbocycles. The highest BCUT2D eigenvalue weighted by molar-refractivity contribution is 6.70. The minimum Gasteiger partial charge on any atom is -0.289 e. The van der Waals surface area contributed by atoms with Crippen LogP contribution in [0, 0.1) is 0 Å². The number of fused-ring (bicyclic) bond motifs is 1. The van der Waals surface area contributed by atoms with E-state index in [1.165, 1.54) is 5.46 Å². The molecule has 0 fully saturated rings. The minimum atomic E-state index is 0.130. The molecule has 0 unspecified atom stereocenters. The van der Waals surface area contributed by atoms with Gasteiger partial charge in [0.25, 0.3) is 0 Å². The maximum absolute atomic E-state index is 11.3. The van der Waals surface area contributed by atoms with Crippen LogP contribution >= 0.6 is 0 Å². The van der Waals surface area contributed by atoms with E-state index in [0.717, 1.165) is 11.1 Å². The first-order valence-corrected chi connectivity index (χ1v) is 4.55. The smallest absolute Gasteiger partial charge is 0.186 e. The quantitative estimate of drug-likeness (QED) is 0.588. The van der Waals surface area contributed by atoms with Crippen molar-refractivity contribution in [2.24, 2.45) is 0 Å². The fraction of sp³-hybridized carbons (Fsp3) is 0.182. The molecule has 1 aliphatic rings. The summed E-state index contributed by atoms with van der Waals surface area (Å²) in [5.74, 6) is 0.130. The van der Waals surface area contributed by atoms with Gasteiger partial charge in [-0.3, -0.25) is 4.79 Å². The van der Waals surface area contributed by atoms with Crippen molar-refractivity contribution in [3.63, 3.8) is 0 Å². The van der Waals surface area contributed by atoms with Crippen LogP contribution < -0.4 is 5.46 Å². The largest absolute Gasteiger partial charge is 0.289 e. The van der Waals surface area contributed by atoms with Gasteiger partial charge in [0.1, 0.15) is 0 Å². The normalized spacial score (nSPS) is 13.2. The van der Waals surface area contributed by atoms with Gasteiger partial charge in [0.15, 0.2) is 12.5 Å². The van der Waals surface area contributed by atoms with Crippen LogP contribution in [0.1, 0.15) is 15.9 Å². The van der Waals surface area contributed by atoms with Crippen molar-refractivity contribution >= 4 is 24.0 Å². The van der Waals surface area contributed by atoms with Gasteiger partial charge in [0, 0.05) is 5.56 Å². The van der Waals surface area contributed by atoms with Crippen molar-refractivity contribution in [3.8, 4) is 0 Å². The summed E-state index contributed by atoms with van der Waals surface area (Å²) in [5, 5.41) is 0. The third-order valence-corrected chi connectivity index (χ3v) is 2.42. The van der Waals surface area contributed by atoms with Crippen molar-refractivity contribution in [3.05, 3.63) is 35.4 Å². The van der Waals surface area contributed by atoms with Gasteiger partial charge in [-0.2, -0.15) is 0 Å². The van der Waals surface area contributed by atoms with E-state index in [4.69, 9.17) is 0 Å². The van der Waals surface area contributed by atoms with Crippen LogP contribution in [0.25, 0.3) is 6.08 Å². The predicted molar refractivity (Wildman–Crippen MR) is 56.9 cm³/mol. The van der Waals surface area contributed by atoms with Crippen molar-refractivity contribution < 1.29 is 4.79 Å². The van der Waals surface area contributed by atoms with Gasteiger partial charge in [0.2, 0.25) is 0 Å². The summed E-state index contributed by atoms with van der Waals surface area (Å²) in [7, 11) is 0. The van der Waals surface area contributed by atoms with Crippen molar-refractivity contribution in [2.75, 3.05) is 0 Å². The first-order valence-electron chi connectivity index (χ1n) is 4.55. The van der Waals surface area contributed by atoms with Crippen molar-refractivity contribution in [1.29, 1.82) is 0 Å². The minimum absolute atomic E-state index is 0.130. The lowest BCUT2D eigenvalue weighted by atomic mass is 9.49. The molecule has 0 saturated heterocycles. The molecule has 0 atom stereocenters. The number of ketones is 1. The first-order chi connectivity index (χ1) is 6.18. The SMILES string of the molecule is CB(C)c1ccc2c(c1)C=CC2=O. The van der Waals surface area contributed by atoms with E-state index in [-0.39, 0.29) is 5.78 Å². The van der Waals surface area contributed by atoms with Crippen molar-refractivity contribution in [2.45, 2.75) is 13.6 Å². The van der Waals surface area contributed by atoms with Crippen LogP contribution in [0.2, 0.25) is 13.6 Å². The number of rotatable bonds is 1. The summed E-state index contributed by atoms with van der Waals surface area (Å²) in [5.41, 5.74) is 3.19. The second-order valence-electron chi connectivity index (χ2n) is 3.70. The Bertz CT molecular complexity index is 391. The third-order valence-electron chi connectivity index (χ3n) is 2.42. The molecule has 1 nitrogen and oxygen atoms in total. The monoisotopic (exact) mass is 170 g/mol. The highest BCUT2D eigenvalue weighted by Gasteiger charge is 2.14. The highest BCUT2D eigenvalue weighted by atomic mass is 16.1. The van der Waals surface area contributed by atoms with E-state index in [1.54, 1.807) is 6.08 Å². The number of allylic oxidation sites excluding steroid dienone is 1. The molecule has 0 spiro atoms. The van der Waals surface area contributed by atoms with Gasteiger partial charge in [-0.05, 0) is 11.6 Å². The van der Waals surface area contributed by atoms with E-state index in [1.807, 2.05) is 18.2 Å². The Morgan fingerprint density at radius 3 is 2.62 bits per heavy atom. The molecule has 0 saturated carbocycles. The fourth-order valence-corrected chi connectivity index (χ4v) is 1.56. The summed E-state index contributed by atoms with van der Waals surface area (Å²) in [6, 6.07) is 6.06. The molecule has 2 heteroatoms. The number of hydrogen-bond acceptors (Lipinski definition) is 1. The Kier molecular flexibility index (Phi) is 1.84. The molecule has 0 N–H and O–H groups in total. The average molecular weight is 170 g/mol. The zero-order chi connectivity index (χ0) is 9.42. The number of carbonyl (C=O) groups is 1. The van der Waals surface area contributed by atoms with Crippen LogP contribution in [0.5, 0.6) is 0 Å². The highest BCUT2D eigenvalue weighted by Crippen LogP contribution is 2.17. The molecular weight excluding hydrogens is 159 g/mol. The molecule has 0 heterocycles. The fourth-order valence-electron chi connectivity index (χ4n) is 1.56. The Labute approximate surface area is 78.5 Å². The number of hydrogen-bond donors (Lipinski definition) is 0. The maximum atomic E-state index is 11.3. The first kappa shape index (κ1) is 8.30. The summed E-state index contributed by atoms with van der Waals surface area (Å²) < 4.78 is 0. The molecule has 0 bridgehead atoms. The zero-order valence-electron chi connectivity index (χ0n) is 7.87. The molecule has 0 aliphatic heterocycles. The Morgan fingerprint density at radius 2 is 1.92 bits per heavy atom. The van der Waals surface area contributed by atoms with Gasteiger partial charge in [-0.25, -0.2) is 0 Å². The lowest BCUT2D eigenvalue weighted by Crippen LogP contribution is -2.22. The van der Waals surface area contributed by atoms with E-state index in [9.17, 15) is 4.79 Å². The van der Waals surface area contributed by atoms with Gasteiger partial charge in [-0.15, -0.1) is 0 Å². The van der Waals surface area contributed by atoms with Crippen LogP contribution in [0.3, 0.4) is 0 Å². The van der Waals surface area contributed by atoms with Crippen LogP contribution in [-0.4, -0.2) is 12.5 Å². The molecule has 13 heavy (non-hydrogen) atoms. The molecule has 1 aliphatic carbocycles. The number of carbonyl (C=O) groups excluding carboxylic acids is 1. The van der Waals surface area contributed by atoms with Crippen molar-refractivity contribution in [1.82, 2.24) is 0 Å². The van der Waals surface area contributed by atoms with E-state index >= 15 is 0 Å². The van der Waals surface area contributed by atoms with Gasteiger partial charge >= 0.3 is 0 Å². The lowest BCUT2D eigenvalue weighted by Gasteiger charge is -2.04. The third kappa shape index (κ3) is 1.33. The Balaban J connectivity index is 2.51. The standard InChI is InChI=1S/C11H11BO/c1-12(2)9-4-5-10-8(7-9)3-6-11(10)13/h3-7H,1-2H3. The Morgan fingerprint density at radius 1 is 1.15 bits per heavy atom. The molecule has 64 valence electrons. The summed E-state index contributed by atoms with van der Waals surface area (Å²) in [6.45, 7) is 4.83. The molecule has 0 radical (unpaired) electrons. The van der Waals surface area contributed by atoms with E-state index in [0.29, 0.717) is 6.71 Å². The molecule has 0 amide bonds. The maximum Gasteiger partial charge on any atom is 0.186 e. The predicted octanol–water partition coefficient (Wildman–Crippen LogP) is 1.86. The number of benzene rings is 1. The van der Waals surface area contributed by atoms with Gasteiger partial charge in [-0.1, -0.05) is 43.4 Å². The second-order valence-corrected chi connectivity index (χ2v) is 3.70. The molecule has 0 aromatic heterocycles. The second kappa shape index (κ2) is 2.88. The summed E-state index contributed by atoms with van der Waals surface area (Å²) in [6.07, 6.45) is 3.53. The molecule has 1 aromatic rings. The van der Waals surface area contributed by atoms with E-state index < -0.39 is 0 Å². The summed E-state index contributed by atoms with van der Waals surface area (Å²) in [4.78, 5) is 11.3. The van der Waals surface area contributed by atoms with Crippen LogP contribution in [0.15, 0.2) is 24.3 Å². The molecule has 2 rings (SSSR count). The summed E-state index contributed by atoms with van der Waals surface area (Å²) >= 11 is 0. The van der Waals surface area contributed by atoms with Crippen LogP contribution in [0.4, 0.5) is 0 Å². The van der Waals surface area contributed by atoms with E-state index in [2.05, 4.69) is 19.7 Å². The van der Waals surface area contributed by atoms with Gasteiger partial charge < -0.3 is 0 Å². The van der Waals surface area contributed by atoms with Gasteiger partial charge in [0.05, 0.1) is 0 Å². The average Bonchev–Trinajstić information content (AvgIpc) is 2.47. The molecular formula is C11H11BO. The Hall–Kier alpha value is -1.31. The topological polar surface area (TPSA) is 17.1 Å². The lowest BCUT2D eigenvalue weighted by molar-refractivity contribution is 0.105.